The number of nitrogens with two attached hydrogens (primary N) is 2. The molecule has 2 rings (SSSR count). The first-order chi connectivity index (χ1) is 12.5. The van der Waals surface area contributed by atoms with Gasteiger partial charge in [0.15, 0.2) is 11.8 Å². The highest BCUT2D eigenvalue weighted by Gasteiger charge is 2.26. The number of guanidine groups is 1. The minimum atomic E-state index is -0.374. The lowest BCUT2D eigenvalue weighted by Crippen LogP contribution is -2.41. The highest BCUT2D eigenvalue weighted by atomic mass is 32.1. The van der Waals surface area contributed by atoms with Crippen LogP contribution in [-0.4, -0.2) is 54.6 Å². The molecule has 1 heterocycles. The molecule has 1 aliphatic carbocycles. The SMILES string of the molecule is COCCN=C(C[N+](=O)[O-])NC1CCCC(c2csc(N=C(N)N)n2)C1. The number of nitro groups is 1. The van der Waals surface area contributed by atoms with Crippen molar-refractivity contribution in [3.8, 4) is 0 Å². The van der Waals surface area contributed by atoms with E-state index in [4.69, 9.17) is 16.2 Å². The van der Waals surface area contributed by atoms with Crippen molar-refractivity contribution in [2.24, 2.45) is 21.5 Å². The van der Waals surface area contributed by atoms with Crippen LogP contribution in [0.3, 0.4) is 0 Å². The van der Waals surface area contributed by atoms with Crippen LogP contribution in [0.25, 0.3) is 0 Å². The average molecular weight is 383 g/mol. The third kappa shape index (κ3) is 6.56. The number of nitrogens with one attached hydrogen (secondary N) is 1. The van der Waals surface area contributed by atoms with E-state index in [-0.39, 0.29) is 29.4 Å². The number of rotatable bonds is 8. The topological polar surface area (TPSA) is 154 Å². The van der Waals surface area contributed by atoms with E-state index >= 15 is 0 Å². The molecule has 2 atom stereocenters. The third-order valence-electron chi connectivity index (χ3n) is 4.07. The van der Waals surface area contributed by atoms with Gasteiger partial charge in [-0.3, -0.25) is 15.1 Å². The molecule has 1 saturated carbocycles. The zero-order chi connectivity index (χ0) is 18.9. The molecule has 11 heteroatoms. The molecule has 0 aliphatic heterocycles. The van der Waals surface area contributed by atoms with E-state index in [0.717, 1.165) is 31.4 Å². The Hall–Kier alpha value is -2.27. The van der Waals surface area contributed by atoms with E-state index in [1.54, 1.807) is 7.11 Å². The van der Waals surface area contributed by atoms with Gasteiger partial charge >= 0.3 is 0 Å². The molecule has 2 unspecified atom stereocenters. The first-order valence-electron chi connectivity index (χ1n) is 8.43. The van der Waals surface area contributed by atoms with Crippen LogP contribution in [0, 0.1) is 10.1 Å². The fourth-order valence-electron chi connectivity index (χ4n) is 2.99. The van der Waals surface area contributed by atoms with Crippen molar-refractivity contribution in [1.82, 2.24) is 10.3 Å². The van der Waals surface area contributed by atoms with Gasteiger partial charge in [0.1, 0.15) is 0 Å². The van der Waals surface area contributed by atoms with Gasteiger partial charge in [0, 0.05) is 29.4 Å². The Balaban J connectivity index is 1.99. The molecule has 5 N–H and O–H groups in total. The van der Waals surface area contributed by atoms with Crippen molar-refractivity contribution in [2.75, 3.05) is 26.8 Å². The fraction of sp³-hybridized carbons (Fsp3) is 0.667. The molecule has 0 aromatic carbocycles. The molecule has 1 aromatic rings. The van der Waals surface area contributed by atoms with Crippen LogP contribution in [0.5, 0.6) is 0 Å². The summed E-state index contributed by atoms with van der Waals surface area (Å²) in [6.07, 6.45) is 3.82. The quantitative estimate of drug-likeness (QED) is 0.199. The molecule has 26 heavy (non-hydrogen) atoms. The second kappa shape index (κ2) is 10.0. The number of nitrogens with zero attached hydrogens (tertiary/aromatic N) is 4. The molecule has 144 valence electrons. The summed E-state index contributed by atoms with van der Waals surface area (Å²) in [4.78, 5) is 23.2. The smallest absolute Gasteiger partial charge is 0.259 e. The van der Waals surface area contributed by atoms with Crippen LogP contribution < -0.4 is 16.8 Å². The summed E-state index contributed by atoms with van der Waals surface area (Å²) in [5, 5.41) is 16.6. The van der Waals surface area contributed by atoms with E-state index in [1.165, 1.54) is 11.3 Å². The first-order valence-corrected chi connectivity index (χ1v) is 9.31. The van der Waals surface area contributed by atoms with Crippen LogP contribution in [0.4, 0.5) is 5.13 Å². The maximum absolute atomic E-state index is 10.9. The molecule has 10 nitrogen and oxygen atoms in total. The van der Waals surface area contributed by atoms with E-state index in [1.807, 2.05) is 5.38 Å². The number of hydrogen-bond donors (Lipinski definition) is 3. The van der Waals surface area contributed by atoms with Crippen molar-refractivity contribution in [2.45, 2.75) is 37.6 Å². The van der Waals surface area contributed by atoms with Crippen molar-refractivity contribution >= 4 is 28.3 Å². The Morgan fingerprint density at radius 2 is 2.35 bits per heavy atom. The lowest BCUT2D eigenvalue weighted by molar-refractivity contribution is -0.463. The van der Waals surface area contributed by atoms with E-state index in [9.17, 15) is 10.1 Å². The largest absolute Gasteiger partial charge is 0.383 e. The molecule has 0 saturated heterocycles. The second-order valence-electron chi connectivity index (χ2n) is 6.11. The molecular formula is C15H25N7O3S. The number of amidine groups is 1. The second-order valence-corrected chi connectivity index (χ2v) is 6.95. The molecule has 1 fully saturated rings. The number of methoxy groups -OCH3 is 1. The van der Waals surface area contributed by atoms with Gasteiger partial charge in [-0.1, -0.05) is 6.42 Å². The van der Waals surface area contributed by atoms with Gasteiger partial charge in [0.25, 0.3) is 6.54 Å². The van der Waals surface area contributed by atoms with E-state index in [0.29, 0.717) is 24.1 Å². The van der Waals surface area contributed by atoms with Gasteiger partial charge in [-0.05, 0) is 19.3 Å². The monoisotopic (exact) mass is 383 g/mol. The molecule has 0 bridgehead atoms. The van der Waals surface area contributed by atoms with Crippen molar-refractivity contribution in [1.29, 1.82) is 0 Å². The predicted molar refractivity (Wildman–Crippen MR) is 102 cm³/mol. The highest BCUT2D eigenvalue weighted by Crippen LogP contribution is 2.35. The molecule has 0 radical (unpaired) electrons. The number of ether oxygens (including phenoxy) is 1. The summed E-state index contributed by atoms with van der Waals surface area (Å²) < 4.78 is 4.95. The predicted octanol–water partition coefficient (Wildman–Crippen LogP) is 0.985. The van der Waals surface area contributed by atoms with E-state index in [2.05, 4.69) is 20.3 Å². The number of aromatic nitrogens is 1. The standard InChI is InChI=1S/C15H25N7O3S/c1-25-6-5-18-13(8-22(23)24)19-11-4-2-3-10(7-11)12-9-26-15(20-12)21-14(16)17/h9-11H,2-8H2,1H3,(H,18,19)(H4,16,17,20,21). The lowest BCUT2D eigenvalue weighted by atomic mass is 9.84. The molecule has 1 aliphatic rings. The summed E-state index contributed by atoms with van der Waals surface area (Å²) >= 11 is 1.40. The Labute approximate surface area is 155 Å². The van der Waals surface area contributed by atoms with Crippen molar-refractivity contribution in [3.63, 3.8) is 0 Å². The Kier molecular flexibility index (Phi) is 7.73. The molecule has 1 aromatic heterocycles. The zero-order valence-electron chi connectivity index (χ0n) is 14.8. The molecule has 0 spiro atoms. The lowest BCUT2D eigenvalue weighted by Gasteiger charge is -2.29. The van der Waals surface area contributed by atoms with E-state index < -0.39 is 0 Å². The van der Waals surface area contributed by atoms with Gasteiger partial charge in [-0.15, -0.1) is 11.3 Å². The van der Waals surface area contributed by atoms with Gasteiger partial charge in [0.2, 0.25) is 5.13 Å². The van der Waals surface area contributed by atoms with Crippen LogP contribution in [-0.2, 0) is 4.74 Å². The van der Waals surface area contributed by atoms with Gasteiger partial charge in [0.05, 0.1) is 18.8 Å². The maximum Gasteiger partial charge on any atom is 0.259 e. The maximum atomic E-state index is 10.9. The van der Waals surface area contributed by atoms with Gasteiger partial charge in [-0.25, -0.2) is 4.98 Å². The number of thiazole rings is 1. The van der Waals surface area contributed by atoms with Gasteiger partial charge in [-0.2, -0.15) is 4.99 Å². The Morgan fingerprint density at radius 1 is 1.54 bits per heavy atom. The first kappa shape index (κ1) is 20.0. The minimum Gasteiger partial charge on any atom is -0.383 e. The summed E-state index contributed by atoms with van der Waals surface area (Å²) in [6, 6.07) is 0.128. The van der Waals surface area contributed by atoms with Crippen molar-refractivity contribution < 1.29 is 9.66 Å². The summed E-state index contributed by atoms with van der Waals surface area (Å²) in [5.74, 6) is 0.666. The number of hydrogen-bond acceptors (Lipinski definition) is 7. The van der Waals surface area contributed by atoms with Crippen molar-refractivity contribution in [3.05, 3.63) is 21.2 Å². The van der Waals surface area contributed by atoms with Crippen LogP contribution in [0.2, 0.25) is 0 Å². The van der Waals surface area contributed by atoms with Crippen LogP contribution in [0.1, 0.15) is 37.3 Å². The fourth-order valence-corrected chi connectivity index (χ4v) is 3.77. The normalized spacial score (nSPS) is 20.6. The Bertz CT molecular complexity index is 657. The molecular weight excluding hydrogens is 358 g/mol. The zero-order valence-corrected chi connectivity index (χ0v) is 15.6. The Morgan fingerprint density at radius 3 is 3.04 bits per heavy atom. The van der Waals surface area contributed by atoms with Crippen LogP contribution >= 0.6 is 11.3 Å². The summed E-state index contributed by atoms with van der Waals surface area (Å²) in [7, 11) is 1.58. The summed E-state index contributed by atoms with van der Waals surface area (Å²) in [5.41, 5.74) is 11.7. The number of aliphatic imine (C=N–C) groups is 2. The minimum absolute atomic E-state index is 0.00854. The third-order valence-corrected chi connectivity index (χ3v) is 4.83. The molecule has 0 amide bonds. The summed E-state index contributed by atoms with van der Waals surface area (Å²) in [6.45, 7) is 0.523. The average Bonchev–Trinajstić information content (AvgIpc) is 3.02. The van der Waals surface area contributed by atoms with Gasteiger partial charge < -0.3 is 21.5 Å². The highest BCUT2D eigenvalue weighted by molar-refractivity contribution is 7.13. The van der Waals surface area contributed by atoms with Crippen LogP contribution in [0.15, 0.2) is 15.4 Å².